The molecule has 0 N–H and O–H groups in total. The van der Waals surface area contributed by atoms with Crippen molar-refractivity contribution >= 4 is 88.9 Å². The van der Waals surface area contributed by atoms with Crippen molar-refractivity contribution in [3.05, 3.63) is 227 Å². The molecule has 14 aromatic rings. The van der Waals surface area contributed by atoms with Gasteiger partial charge >= 0.3 is 0 Å². The summed E-state index contributed by atoms with van der Waals surface area (Å²) in [5.74, 6) is -6.19. The van der Waals surface area contributed by atoms with E-state index in [0.717, 1.165) is 128 Å². The van der Waals surface area contributed by atoms with Gasteiger partial charge in [-0.25, -0.2) is 31.9 Å². The number of rotatable bonds is 6. The molecule has 17 heteroatoms. The smallest absolute Gasteiger partial charge is 0.164 e. The molecule has 0 atom stereocenters. The van der Waals surface area contributed by atoms with E-state index >= 15 is 0 Å². The average Bonchev–Trinajstić information content (AvgIpc) is 4.42. The summed E-state index contributed by atoms with van der Waals surface area (Å²) < 4.78 is 92.1. The summed E-state index contributed by atoms with van der Waals surface area (Å²) in [6.45, 7) is 0. The largest absolute Gasteiger partial charge is 0.247 e. The van der Waals surface area contributed by atoms with Gasteiger partial charge < -0.3 is 0 Å². The molecule has 4 heterocycles. The molecule has 0 aliphatic heterocycles. The molecule has 0 unspecified atom stereocenters. The van der Waals surface area contributed by atoms with E-state index in [1.807, 2.05) is 121 Å². The fraction of sp³-hybridized carbons (Fsp3) is 0. The van der Waals surface area contributed by atoms with Gasteiger partial charge in [0.2, 0.25) is 0 Å². The van der Waals surface area contributed by atoms with Gasteiger partial charge in [-0.3, -0.25) is 0 Å². The maximum atomic E-state index is 15.0. The second-order valence-electron chi connectivity index (χ2n) is 19.0. The van der Waals surface area contributed by atoms with Crippen molar-refractivity contribution in [2.24, 2.45) is 0 Å². The lowest BCUT2D eigenvalue weighted by Gasteiger charge is -2.13. The van der Waals surface area contributed by atoms with Gasteiger partial charge in [0.05, 0.1) is 68.1 Å². The predicted molar refractivity (Wildman–Crippen MR) is 312 cm³/mol. The molecule has 0 saturated carbocycles. The van der Waals surface area contributed by atoms with Crippen molar-refractivity contribution in [1.82, 2.24) is 27.5 Å². The van der Waals surface area contributed by atoms with Gasteiger partial charge in [-0.15, -0.1) is 0 Å². The Morgan fingerprint density at radius 1 is 0.313 bits per heavy atom. The molecule has 10 aromatic carbocycles. The number of pyridine rings is 2. The van der Waals surface area contributed by atoms with Crippen LogP contribution in [-0.4, -0.2) is 27.5 Å². The minimum absolute atomic E-state index is 0.0662. The second kappa shape index (κ2) is 20.8. The summed E-state index contributed by atoms with van der Waals surface area (Å²) in [5.41, 5.74) is 8.08. The molecule has 0 fully saturated rings. The highest BCUT2D eigenvalue weighted by Gasteiger charge is 2.27. The Hall–Kier alpha value is -11.2. The molecule has 0 radical (unpaired) electrons. The number of hydrogen-bond acceptors (Lipinski definition) is 12. The van der Waals surface area contributed by atoms with Crippen LogP contribution in [0.5, 0.6) is 0 Å². The Labute approximate surface area is 475 Å². The van der Waals surface area contributed by atoms with Gasteiger partial charge in [0.15, 0.2) is 29.1 Å². The van der Waals surface area contributed by atoms with Gasteiger partial charge in [-0.1, -0.05) is 133 Å². The maximum absolute atomic E-state index is 15.0. The van der Waals surface area contributed by atoms with E-state index in [2.05, 4.69) is 17.5 Å². The number of nitriles is 4. The van der Waals surface area contributed by atoms with Crippen molar-refractivity contribution in [3.8, 4) is 91.3 Å². The number of fused-ring (bicyclic) bond motifs is 10. The van der Waals surface area contributed by atoms with Crippen LogP contribution in [0.25, 0.3) is 132 Å². The Morgan fingerprint density at radius 3 is 1.08 bits per heavy atom. The number of halogens is 5. The lowest BCUT2D eigenvalue weighted by atomic mass is 9.94. The molecule has 4 aromatic heterocycles. The molecular weight excluding hydrogens is 1090 g/mol. The van der Waals surface area contributed by atoms with E-state index in [1.54, 1.807) is 48.5 Å². The van der Waals surface area contributed by atoms with Crippen molar-refractivity contribution in [1.29, 1.82) is 21.0 Å². The van der Waals surface area contributed by atoms with Crippen LogP contribution >= 0.6 is 23.5 Å². The summed E-state index contributed by atoms with van der Waals surface area (Å²) in [4.78, 5) is 10.1. The summed E-state index contributed by atoms with van der Waals surface area (Å²) >= 11 is 2.33. The summed E-state index contributed by atoms with van der Waals surface area (Å²) in [6, 6.07) is 59.6. The minimum atomic E-state index is -1.51. The van der Waals surface area contributed by atoms with Gasteiger partial charge in [-0.05, 0) is 75.8 Å². The first-order chi connectivity index (χ1) is 40.6. The quantitative estimate of drug-likeness (QED) is 0.115. The monoisotopic (exact) mass is 1120 g/mol. The Balaban J connectivity index is 0.000000155. The van der Waals surface area contributed by atoms with E-state index < -0.39 is 51.3 Å². The molecule has 0 amide bonds. The van der Waals surface area contributed by atoms with E-state index in [-0.39, 0.29) is 22.3 Å². The lowest BCUT2D eigenvalue weighted by molar-refractivity contribution is 0.539. The van der Waals surface area contributed by atoms with Gasteiger partial charge in [0.25, 0.3) is 0 Å². The summed E-state index contributed by atoms with van der Waals surface area (Å²) in [5, 5.41) is 42.6. The third kappa shape index (κ3) is 8.65. The number of benzene rings is 10. The molecule has 14 rings (SSSR count). The first kappa shape index (κ1) is 51.2. The molecule has 0 spiro atoms. The molecule has 10 nitrogen and oxygen atoms in total. The molecule has 390 valence electrons. The van der Waals surface area contributed by atoms with Gasteiger partial charge in [0, 0.05) is 43.4 Å². The summed E-state index contributed by atoms with van der Waals surface area (Å²) in [6.07, 6.45) is 0. The highest BCUT2D eigenvalue weighted by molar-refractivity contribution is 7.00. The van der Waals surface area contributed by atoms with Crippen molar-refractivity contribution in [2.45, 2.75) is 0 Å². The van der Waals surface area contributed by atoms with Gasteiger partial charge in [-0.2, -0.15) is 38.5 Å². The van der Waals surface area contributed by atoms with E-state index in [4.69, 9.17) is 9.97 Å². The number of nitrogens with zero attached hydrogens (tertiary/aromatic N) is 10. The van der Waals surface area contributed by atoms with Crippen molar-refractivity contribution < 1.29 is 22.0 Å². The zero-order chi connectivity index (χ0) is 57.0. The number of aromatic nitrogens is 6. The normalized spacial score (nSPS) is 11.1. The topological polar surface area (TPSA) is 172 Å². The number of hydrogen-bond donors (Lipinski definition) is 0. The van der Waals surface area contributed by atoms with Crippen LogP contribution in [0.3, 0.4) is 0 Å². The van der Waals surface area contributed by atoms with Crippen LogP contribution in [0.4, 0.5) is 22.0 Å². The van der Waals surface area contributed by atoms with E-state index in [0.29, 0.717) is 0 Å². The molecule has 83 heavy (non-hydrogen) atoms. The standard InChI is InChI=1S/C33H14F3N5S.C33H15F2N5S/c34-29-23(15-37)30(35)27(31(36)24(29)16-38)18-8-6-17(7-9-18)20-10-11-21-26(14-20)39-32(19-4-2-1-3-5-19)22-12-13-25-33(28(21)22)41-42-40-25;34-30-22(16-36)14-23(17-37)31(35)28(30)19-8-6-18(7-9-19)21-10-11-24-27(15-21)38-32(20-4-2-1-3-5-20)25-12-13-26-33(29(24)25)40-41-39-26/h1-14H;1-15H. The van der Waals surface area contributed by atoms with Crippen LogP contribution in [-0.2, 0) is 0 Å². The van der Waals surface area contributed by atoms with E-state index in [9.17, 15) is 43.0 Å². The first-order valence-corrected chi connectivity index (χ1v) is 26.7. The predicted octanol–water partition coefficient (Wildman–Crippen LogP) is 17.0. The molecule has 0 aliphatic rings. The van der Waals surface area contributed by atoms with Crippen molar-refractivity contribution in [3.63, 3.8) is 0 Å². The lowest BCUT2D eigenvalue weighted by Crippen LogP contribution is -2.03. The van der Waals surface area contributed by atoms with Gasteiger partial charge in [0.1, 0.15) is 57.5 Å². The molecule has 0 aliphatic carbocycles. The zero-order valence-electron chi connectivity index (χ0n) is 42.4. The van der Waals surface area contributed by atoms with Crippen LogP contribution in [0.2, 0.25) is 0 Å². The van der Waals surface area contributed by atoms with Crippen LogP contribution < -0.4 is 0 Å². The minimum Gasteiger partial charge on any atom is -0.247 e. The highest BCUT2D eigenvalue weighted by atomic mass is 32.1. The average molecular weight is 1120 g/mol. The van der Waals surface area contributed by atoms with Crippen molar-refractivity contribution in [2.75, 3.05) is 0 Å². The third-order valence-corrected chi connectivity index (χ3v) is 15.5. The zero-order valence-corrected chi connectivity index (χ0v) is 44.1. The Kier molecular flexibility index (Phi) is 12.8. The Bertz CT molecular complexity index is 5120. The third-order valence-electron chi connectivity index (χ3n) is 14.5. The van der Waals surface area contributed by atoms with Crippen LogP contribution in [0.1, 0.15) is 22.3 Å². The fourth-order valence-electron chi connectivity index (χ4n) is 10.5. The van der Waals surface area contributed by atoms with Crippen LogP contribution in [0.15, 0.2) is 176 Å². The van der Waals surface area contributed by atoms with Crippen LogP contribution in [0, 0.1) is 74.4 Å². The first-order valence-electron chi connectivity index (χ1n) is 25.2. The fourth-order valence-corrected chi connectivity index (χ4v) is 11.6. The Morgan fingerprint density at radius 2 is 0.687 bits per heavy atom. The molecule has 0 bridgehead atoms. The molecule has 0 saturated heterocycles. The second-order valence-corrected chi connectivity index (χ2v) is 20.1. The highest BCUT2D eigenvalue weighted by Crippen LogP contribution is 2.41. The maximum Gasteiger partial charge on any atom is 0.164 e. The summed E-state index contributed by atoms with van der Waals surface area (Å²) in [7, 11) is 0. The molecular formula is C66H29F5N10S2. The van der Waals surface area contributed by atoms with E-state index in [1.165, 1.54) is 36.0 Å². The SMILES string of the molecule is N#Cc1c(F)c(C#N)c(F)c(-c2ccc(-c3ccc4c(c3)nc(-c3ccccc3)c3ccc5nsnc5c34)cc2)c1F.N#Cc1cc(C#N)c(F)c(-c2ccc(-c3ccc4c(c3)nc(-c3ccccc3)c3ccc5nsnc5c34)cc2)c1F.